The number of rotatable bonds is 12. The van der Waals surface area contributed by atoms with Crippen molar-refractivity contribution < 1.29 is 53.3 Å². The highest BCUT2D eigenvalue weighted by Crippen LogP contribution is 2.03. The number of nitrogens with one attached hydrogen (secondary N) is 2. The molecule has 2 amide bonds. The Morgan fingerprint density at radius 2 is 1.00 bits per heavy atom. The van der Waals surface area contributed by atoms with Crippen LogP contribution in [0.4, 0.5) is 0 Å². The van der Waals surface area contributed by atoms with Gasteiger partial charge in [-0.1, -0.05) is 0 Å². The molecule has 0 unspecified atom stereocenters. The number of amides is 2. The number of hydrogen-bond donors (Lipinski definition) is 4. The lowest BCUT2D eigenvalue weighted by atomic mass is 10.1. The van der Waals surface area contributed by atoms with Gasteiger partial charge in [-0.15, -0.1) is 0 Å². The van der Waals surface area contributed by atoms with Crippen molar-refractivity contribution in [1.29, 1.82) is 0 Å². The number of hydrogen-bond acceptors (Lipinski definition) is 9. The number of ether oxygens (including phenoxy) is 1. The molecule has 0 heterocycles. The third-order valence-electron chi connectivity index (χ3n) is 3.02. The van der Waals surface area contributed by atoms with Crippen molar-refractivity contribution in [1.82, 2.24) is 10.6 Å². The maximum atomic E-state index is 12.0. The van der Waals surface area contributed by atoms with Gasteiger partial charge in [-0.3, -0.25) is 28.8 Å². The van der Waals surface area contributed by atoms with Crippen molar-refractivity contribution in [2.45, 2.75) is 51.6 Å². The van der Waals surface area contributed by atoms with Crippen molar-refractivity contribution in [2.24, 2.45) is 0 Å². The van der Waals surface area contributed by atoms with Gasteiger partial charge in [-0.25, -0.2) is 9.59 Å². The van der Waals surface area contributed by atoms with Gasteiger partial charge in [0.05, 0.1) is 25.7 Å². The van der Waals surface area contributed by atoms with Crippen LogP contribution in [0.1, 0.15) is 39.5 Å². The summed E-state index contributed by atoms with van der Waals surface area (Å²) in [5.74, 6) is -9.30. The van der Waals surface area contributed by atoms with E-state index in [4.69, 9.17) is 10.2 Å². The Morgan fingerprint density at radius 1 is 0.690 bits per heavy atom. The van der Waals surface area contributed by atoms with Gasteiger partial charge in [0, 0.05) is 0 Å². The molecule has 0 fully saturated rings. The van der Waals surface area contributed by atoms with E-state index in [-0.39, 0.29) is 0 Å². The second-order valence-corrected chi connectivity index (χ2v) is 5.93. The van der Waals surface area contributed by atoms with Gasteiger partial charge in [-0.05, 0) is 13.8 Å². The SMILES string of the molecule is CC(=O)CC(=O)N[C@@H](CC(=O)O)C(=O)OC(=O)[C@H](CC(=O)O)NC(=O)CC(C)=O. The fraction of sp³-hybridized carbons (Fsp3) is 0.500. The summed E-state index contributed by atoms with van der Waals surface area (Å²) in [6, 6.07) is -3.69. The van der Waals surface area contributed by atoms with Crippen LogP contribution in [0, 0.1) is 0 Å². The van der Waals surface area contributed by atoms with Gasteiger partial charge in [0.1, 0.15) is 23.7 Å². The number of esters is 2. The van der Waals surface area contributed by atoms with Crippen LogP contribution in [0.15, 0.2) is 0 Å². The summed E-state index contributed by atoms with van der Waals surface area (Å²) in [7, 11) is 0. The topological polar surface area (TPSA) is 210 Å². The third kappa shape index (κ3) is 11.6. The first kappa shape index (κ1) is 25.4. The molecule has 13 heteroatoms. The van der Waals surface area contributed by atoms with Gasteiger partial charge in [0.2, 0.25) is 11.8 Å². The minimum Gasteiger partial charge on any atom is -0.481 e. The quantitative estimate of drug-likeness (QED) is 0.200. The molecule has 2 atom stereocenters. The minimum absolute atomic E-state index is 0.573. The molecular weight excluding hydrogens is 396 g/mol. The van der Waals surface area contributed by atoms with Crippen LogP contribution in [-0.4, -0.2) is 69.6 Å². The molecule has 13 nitrogen and oxygen atoms in total. The number of carbonyl (C=O) groups excluding carboxylic acids is 6. The van der Waals surface area contributed by atoms with Gasteiger partial charge in [0.15, 0.2) is 0 Å². The molecule has 0 saturated carbocycles. The number of carbonyl (C=O) groups is 8. The predicted molar refractivity (Wildman–Crippen MR) is 90.1 cm³/mol. The lowest BCUT2D eigenvalue weighted by molar-refractivity contribution is -0.166. The van der Waals surface area contributed by atoms with Crippen LogP contribution >= 0.6 is 0 Å². The van der Waals surface area contributed by atoms with Crippen molar-refractivity contribution in [3.8, 4) is 0 Å². The molecule has 0 aromatic rings. The predicted octanol–water partition coefficient (Wildman–Crippen LogP) is -2.07. The molecule has 0 aromatic carbocycles. The van der Waals surface area contributed by atoms with Crippen LogP contribution in [0.25, 0.3) is 0 Å². The molecule has 4 N–H and O–H groups in total. The van der Waals surface area contributed by atoms with E-state index in [1.807, 2.05) is 10.6 Å². The first-order valence-corrected chi connectivity index (χ1v) is 8.08. The third-order valence-corrected chi connectivity index (χ3v) is 3.02. The Kier molecular flexibility index (Phi) is 10.4. The smallest absolute Gasteiger partial charge is 0.336 e. The average molecular weight is 416 g/mol. The monoisotopic (exact) mass is 416 g/mol. The van der Waals surface area contributed by atoms with Crippen LogP contribution in [-0.2, 0) is 43.1 Å². The largest absolute Gasteiger partial charge is 0.481 e. The number of ketones is 2. The van der Waals surface area contributed by atoms with Crippen LogP contribution in [0.5, 0.6) is 0 Å². The summed E-state index contributed by atoms with van der Waals surface area (Å²) < 4.78 is 4.38. The zero-order chi connectivity index (χ0) is 22.7. The standard InChI is InChI=1S/C16H20N2O11/c1-7(19)3-11(21)17-9(5-13(23)24)15(27)29-16(28)10(6-14(25)26)18-12(22)4-8(2)20/h9-10H,3-6H2,1-2H3,(H,17,21)(H,18,22)(H,23,24)(H,25,26)/t9-,10-/m0/s1. The summed E-state index contributed by atoms with van der Waals surface area (Å²) in [6.07, 6.45) is -3.29. The van der Waals surface area contributed by atoms with E-state index < -0.39 is 85.0 Å². The normalized spacial score (nSPS) is 12.1. The van der Waals surface area contributed by atoms with Crippen molar-refractivity contribution in [3.63, 3.8) is 0 Å². The molecule has 29 heavy (non-hydrogen) atoms. The first-order chi connectivity index (χ1) is 13.3. The summed E-state index contributed by atoms with van der Waals surface area (Å²) in [4.78, 5) is 90.8. The maximum Gasteiger partial charge on any atom is 0.336 e. The molecule has 0 bridgehead atoms. The Labute approximate surface area is 163 Å². The van der Waals surface area contributed by atoms with Gasteiger partial charge < -0.3 is 25.6 Å². The molecule has 0 aliphatic rings. The zero-order valence-electron chi connectivity index (χ0n) is 15.6. The Hall–Kier alpha value is -3.64. The first-order valence-electron chi connectivity index (χ1n) is 8.08. The minimum atomic E-state index is -1.85. The van der Waals surface area contributed by atoms with E-state index in [0.717, 1.165) is 13.8 Å². The van der Waals surface area contributed by atoms with Crippen molar-refractivity contribution >= 4 is 47.3 Å². The summed E-state index contributed by atoms with van der Waals surface area (Å²) in [5.41, 5.74) is 0. The molecule has 0 rings (SSSR count). The van der Waals surface area contributed by atoms with Crippen LogP contribution in [0.2, 0.25) is 0 Å². The molecule has 0 saturated heterocycles. The highest BCUT2D eigenvalue weighted by molar-refractivity contribution is 6.02. The fourth-order valence-electron chi connectivity index (χ4n) is 1.92. The highest BCUT2D eigenvalue weighted by Gasteiger charge is 2.32. The number of Topliss-reactive ketones (excluding diaryl/α,β-unsaturated/α-hetero) is 2. The van der Waals surface area contributed by atoms with E-state index in [0.29, 0.717) is 0 Å². The maximum absolute atomic E-state index is 12.0. The lowest BCUT2D eigenvalue weighted by Crippen LogP contribution is -2.48. The van der Waals surface area contributed by atoms with Crippen molar-refractivity contribution in [2.75, 3.05) is 0 Å². The Bertz CT molecular complexity index is 668. The molecule has 0 spiro atoms. The molecule has 0 aliphatic carbocycles. The van der Waals surface area contributed by atoms with Gasteiger partial charge in [0.25, 0.3) is 0 Å². The van der Waals surface area contributed by atoms with E-state index in [1.165, 1.54) is 0 Å². The second kappa shape index (κ2) is 11.9. The number of carboxylic acids is 2. The van der Waals surface area contributed by atoms with E-state index in [9.17, 15) is 38.4 Å². The molecule has 0 radical (unpaired) electrons. The number of carboxylic acid groups (broad SMARTS) is 2. The summed E-state index contributed by atoms with van der Waals surface area (Å²) in [6.45, 7) is 2.15. The molecule has 160 valence electrons. The van der Waals surface area contributed by atoms with Crippen molar-refractivity contribution in [3.05, 3.63) is 0 Å². The summed E-state index contributed by atoms with van der Waals surface area (Å²) in [5, 5.41) is 21.5. The van der Waals surface area contributed by atoms with Crippen LogP contribution in [0.3, 0.4) is 0 Å². The lowest BCUT2D eigenvalue weighted by Gasteiger charge is -2.18. The molecule has 0 aliphatic heterocycles. The van der Waals surface area contributed by atoms with Gasteiger partial charge >= 0.3 is 23.9 Å². The van der Waals surface area contributed by atoms with E-state index >= 15 is 0 Å². The fourth-order valence-corrected chi connectivity index (χ4v) is 1.92. The second-order valence-electron chi connectivity index (χ2n) is 5.93. The van der Waals surface area contributed by atoms with E-state index in [2.05, 4.69) is 4.74 Å². The van der Waals surface area contributed by atoms with E-state index in [1.54, 1.807) is 0 Å². The Balaban J connectivity index is 5.25. The zero-order valence-corrected chi connectivity index (χ0v) is 15.6. The highest BCUT2D eigenvalue weighted by atomic mass is 16.6. The average Bonchev–Trinajstić information content (AvgIpc) is 2.50. The van der Waals surface area contributed by atoms with Gasteiger partial charge in [-0.2, -0.15) is 0 Å². The molecule has 0 aromatic heterocycles. The Morgan fingerprint density at radius 3 is 1.24 bits per heavy atom. The number of aliphatic carboxylic acids is 2. The van der Waals surface area contributed by atoms with Crippen LogP contribution < -0.4 is 10.6 Å². The molecular formula is C16H20N2O11. The summed E-state index contributed by atoms with van der Waals surface area (Å²) >= 11 is 0.